The molecule has 230 valence electrons. The van der Waals surface area contributed by atoms with Crippen molar-refractivity contribution in [1.82, 2.24) is 30.0 Å². The largest absolute Gasteiger partial charge is 0.381 e. The summed E-state index contributed by atoms with van der Waals surface area (Å²) in [6.07, 6.45) is 8.84. The van der Waals surface area contributed by atoms with Gasteiger partial charge in [-0.3, -0.25) is 14.5 Å². The van der Waals surface area contributed by atoms with E-state index in [9.17, 15) is 4.79 Å². The third kappa shape index (κ3) is 5.69. The molecule has 3 aromatic heterocycles. The Morgan fingerprint density at radius 3 is 2.64 bits per heavy atom. The Hall–Kier alpha value is -3.86. The SMILES string of the molecule is CC(=O)N1CCc2c(c(-c3cccc4cc(-c5ccc(N6CCC(NCCN)CC6)nc5)ncc34)nn2C2CCOCC2)C1. The maximum absolute atomic E-state index is 12.4. The highest BCUT2D eigenvalue weighted by atomic mass is 16.5. The lowest BCUT2D eigenvalue weighted by atomic mass is 9.96. The fourth-order valence-corrected chi connectivity index (χ4v) is 7.02. The van der Waals surface area contributed by atoms with E-state index in [1.165, 1.54) is 5.69 Å². The molecule has 10 heteroatoms. The van der Waals surface area contributed by atoms with Crippen molar-refractivity contribution in [3.8, 4) is 22.5 Å². The number of nitrogens with zero attached hydrogens (tertiary/aromatic N) is 6. The minimum Gasteiger partial charge on any atom is -0.381 e. The first-order chi connectivity index (χ1) is 21.6. The van der Waals surface area contributed by atoms with E-state index in [0.717, 1.165) is 116 Å². The lowest BCUT2D eigenvalue weighted by Gasteiger charge is -2.33. The number of piperidine rings is 1. The van der Waals surface area contributed by atoms with E-state index < -0.39 is 0 Å². The number of rotatable bonds is 7. The van der Waals surface area contributed by atoms with Crippen LogP contribution in [0.25, 0.3) is 33.3 Å². The van der Waals surface area contributed by atoms with Crippen LogP contribution in [0.1, 0.15) is 49.9 Å². The van der Waals surface area contributed by atoms with Gasteiger partial charge in [0.2, 0.25) is 5.91 Å². The number of carbonyl (C=O) groups excluding carboxylic acids is 1. The quantitative estimate of drug-likeness (QED) is 0.331. The van der Waals surface area contributed by atoms with E-state index in [1.54, 1.807) is 6.92 Å². The van der Waals surface area contributed by atoms with Gasteiger partial charge in [0.1, 0.15) is 5.82 Å². The summed E-state index contributed by atoms with van der Waals surface area (Å²) in [7, 11) is 0. The lowest BCUT2D eigenvalue weighted by molar-refractivity contribution is -0.129. The number of amides is 1. The number of benzene rings is 1. The van der Waals surface area contributed by atoms with Gasteiger partial charge in [0.25, 0.3) is 0 Å². The average molecular weight is 595 g/mol. The number of hydrogen-bond acceptors (Lipinski definition) is 8. The Labute approximate surface area is 258 Å². The molecule has 0 bridgehead atoms. The number of aromatic nitrogens is 4. The minimum absolute atomic E-state index is 0.105. The second kappa shape index (κ2) is 12.6. The van der Waals surface area contributed by atoms with E-state index in [2.05, 4.69) is 51.3 Å². The predicted molar refractivity (Wildman–Crippen MR) is 172 cm³/mol. The molecule has 10 nitrogen and oxygen atoms in total. The first kappa shape index (κ1) is 28.9. The molecule has 44 heavy (non-hydrogen) atoms. The fourth-order valence-electron chi connectivity index (χ4n) is 7.02. The molecule has 7 rings (SSSR count). The van der Waals surface area contributed by atoms with Crippen molar-refractivity contribution in [3.05, 3.63) is 60.0 Å². The molecule has 0 aliphatic carbocycles. The first-order valence-corrected chi connectivity index (χ1v) is 16.1. The molecular weight excluding hydrogens is 552 g/mol. The summed E-state index contributed by atoms with van der Waals surface area (Å²) in [5.74, 6) is 1.12. The van der Waals surface area contributed by atoms with Crippen molar-refractivity contribution >= 4 is 22.5 Å². The van der Waals surface area contributed by atoms with Crippen LogP contribution in [0.5, 0.6) is 0 Å². The lowest BCUT2D eigenvalue weighted by Crippen LogP contribution is -2.44. The van der Waals surface area contributed by atoms with Crippen LogP contribution in [0.3, 0.4) is 0 Å². The third-order valence-corrected chi connectivity index (χ3v) is 9.53. The Bertz CT molecular complexity index is 1620. The van der Waals surface area contributed by atoms with Gasteiger partial charge in [0.05, 0.1) is 17.4 Å². The van der Waals surface area contributed by atoms with E-state index >= 15 is 0 Å². The molecule has 2 fully saturated rings. The maximum Gasteiger partial charge on any atom is 0.219 e. The Balaban J connectivity index is 1.17. The Morgan fingerprint density at radius 2 is 1.89 bits per heavy atom. The number of fused-ring (bicyclic) bond motifs is 2. The average Bonchev–Trinajstić information content (AvgIpc) is 3.46. The smallest absolute Gasteiger partial charge is 0.219 e. The van der Waals surface area contributed by atoms with Gasteiger partial charge >= 0.3 is 0 Å². The molecule has 0 spiro atoms. The van der Waals surface area contributed by atoms with Crippen molar-refractivity contribution in [1.29, 1.82) is 0 Å². The third-order valence-electron chi connectivity index (χ3n) is 9.53. The predicted octanol–water partition coefficient (Wildman–Crippen LogP) is 3.93. The van der Waals surface area contributed by atoms with Crippen LogP contribution in [0, 0.1) is 0 Å². The highest BCUT2D eigenvalue weighted by Crippen LogP contribution is 2.37. The van der Waals surface area contributed by atoms with Crippen molar-refractivity contribution < 1.29 is 9.53 Å². The van der Waals surface area contributed by atoms with Crippen LogP contribution >= 0.6 is 0 Å². The van der Waals surface area contributed by atoms with Gasteiger partial charge < -0.3 is 25.6 Å². The number of hydrogen-bond donors (Lipinski definition) is 2. The summed E-state index contributed by atoms with van der Waals surface area (Å²) in [6, 6.07) is 13.6. The van der Waals surface area contributed by atoms with Gasteiger partial charge in [-0.2, -0.15) is 5.10 Å². The van der Waals surface area contributed by atoms with Crippen molar-refractivity contribution in [2.24, 2.45) is 5.73 Å². The zero-order valence-corrected chi connectivity index (χ0v) is 25.5. The summed E-state index contributed by atoms with van der Waals surface area (Å²) in [6.45, 7) is 8.02. The number of ether oxygens (including phenoxy) is 1. The van der Waals surface area contributed by atoms with E-state index in [-0.39, 0.29) is 5.91 Å². The van der Waals surface area contributed by atoms with Gasteiger partial charge in [-0.25, -0.2) is 4.98 Å². The first-order valence-electron chi connectivity index (χ1n) is 16.1. The second-order valence-electron chi connectivity index (χ2n) is 12.3. The van der Waals surface area contributed by atoms with E-state index in [1.807, 2.05) is 17.3 Å². The molecule has 0 radical (unpaired) electrons. The highest BCUT2D eigenvalue weighted by Gasteiger charge is 2.30. The normalized spacial score (nSPS) is 18.1. The van der Waals surface area contributed by atoms with Crippen LogP contribution in [-0.2, 0) is 22.5 Å². The van der Waals surface area contributed by atoms with Crippen molar-refractivity contribution in [2.45, 2.75) is 57.7 Å². The van der Waals surface area contributed by atoms with Crippen LogP contribution in [0.4, 0.5) is 5.82 Å². The van der Waals surface area contributed by atoms with Crippen LogP contribution in [-0.4, -0.2) is 82.5 Å². The minimum atomic E-state index is 0.105. The van der Waals surface area contributed by atoms with Gasteiger partial charge in [-0.15, -0.1) is 0 Å². The molecule has 6 heterocycles. The van der Waals surface area contributed by atoms with Crippen LogP contribution in [0.2, 0.25) is 0 Å². The Morgan fingerprint density at radius 1 is 1.05 bits per heavy atom. The fraction of sp³-hybridized carbons (Fsp3) is 0.471. The van der Waals surface area contributed by atoms with Gasteiger partial charge in [0, 0.05) is 112 Å². The molecular formula is C34H42N8O2. The second-order valence-corrected chi connectivity index (χ2v) is 12.3. The molecule has 0 atom stereocenters. The molecule has 3 aliphatic rings. The summed E-state index contributed by atoms with van der Waals surface area (Å²) in [4.78, 5) is 26.4. The van der Waals surface area contributed by atoms with Gasteiger partial charge in [0.15, 0.2) is 0 Å². The van der Waals surface area contributed by atoms with Gasteiger partial charge in [-0.1, -0.05) is 18.2 Å². The number of nitrogens with two attached hydrogens (primary N) is 1. The molecule has 0 unspecified atom stereocenters. The molecule has 3 aliphatic heterocycles. The van der Waals surface area contributed by atoms with Crippen LogP contribution in [0.15, 0.2) is 48.8 Å². The molecule has 4 aromatic rings. The van der Waals surface area contributed by atoms with Gasteiger partial charge in [-0.05, 0) is 49.3 Å². The van der Waals surface area contributed by atoms with E-state index in [0.29, 0.717) is 25.2 Å². The summed E-state index contributed by atoms with van der Waals surface area (Å²) in [5, 5.41) is 11.0. The monoisotopic (exact) mass is 594 g/mol. The number of nitrogens with one attached hydrogen (secondary N) is 1. The molecule has 2 saturated heterocycles. The molecule has 1 aromatic carbocycles. The van der Waals surface area contributed by atoms with E-state index in [4.69, 9.17) is 25.5 Å². The molecule has 0 saturated carbocycles. The highest BCUT2D eigenvalue weighted by molar-refractivity contribution is 5.97. The van der Waals surface area contributed by atoms with Crippen molar-refractivity contribution in [3.63, 3.8) is 0 Å². The zero-order chi connectivity index (χ0) is 30.0. The Kier molecular flexibility index (Phi) is 8.29. The summed E-state index contributed by atoms with van der Waals surface area (Å²) in [5.41, 5.74) is 12.0. The number of pyridine rings is 2. The number of carbonyl (C=O) groups is 1. The molecule has 3 N–H and O–H groups in total. The number of anilines is 1. The maximum atomic E-state index is 12.4. The zero-order valence-electron chi connectivity index (χ0n) is 25.5. The summed E-state index contributed by atoms with van der Waals surface area (Å²) >= 11 is 0. The topological polar surface area (TPSA) is 114 Å². The van der Waals surface area contributed by atoms with Crippen LogP contribution < -0.4 is 16.0 Å². The van der Waals surface area contributed by atoms with Crippen molar-refractivity contribution in [2.75, 3.05) is 50.8 Å². The summed E-state index contributed by atoms with van der Waals surface area (Å²) < 4.78 is 7.90. The molecule has 1 amide bonds. The standard InChI is InChI=1S/C34H42N8O2/c1-23(43)41-16-9-32-30(22-41)34(39-42(32)27-10-17-44-18-11-27)28-4-2-3-24-19-31(37-21-29(24)28)25-5-6-33(38-20-25)40-14-7-26(8-15-40)36-13-12-35/h2-6,19-21,26-27,36H,7-18,22,35H2,1H3.